The third kappa shape index (κ3) is 5.50. The molecule has 3 rings (SSSR count). The van der Waals surface area contributed by atoms with Gasteiger partial charge in [0.15, 0.2) is 6.10 Å². The Balaban J connectivity index is 2.30. The first-order valence-electron chi connectivity index (χ1n) is 12.9. The van der Waals surface area contributed by atoms with Crippen molar-refractivity contribution in [1.29, 1.82) is 0 Å². The number of rotatable bonds is 5. The van der Waals surface area contributed by atoms with E-state index in [2.05, 4.69) is 0 Å². The molecule has 11 heteroatoms. The van der Waals surface area contributed by atoms with Crippen LogP contribution in [0.3, 0.4) is 0 Å². The number of esters is 3. The van der Waals surface area contributed by atoms with E-state index >= 15 is 0 Å². The van der Waals surface area contributed by atoms with Gasteiger partial charge in [0.05, 0.1) is 23.7 Å². The second kappa shape index (κ2) is 10.6. The molecule has 3 N–H and O–H groups in total. The highest BCUT2D eigenvalue weighted by Crippen LogP contribution is 2.59. The van der Waals surface area contributed by atoms with Crippen LogP contribution in [0.4, 0.5) is 0 Å². The first kappa shape index (κ1) is 30.1. The van der Waals surface area contributed by atoms with E-state index < -0.39 is 88.9 Å². The predicted molar refractivity (Wildman–Crippen MR) is 131 cm³/mol. The second-order valence-electron chi connectivity index (χ2n) is 11.8. The molecule has 0 radical (unpaired) electrons. The highest BCUT2D eigenvalue weighted by Gasteiger charge is 2.71. The van der Waals surface area contributed by atoms with E-state index in [4.69, 9.17) is 30.5 Å². The number of halogens is 1. The highest BCUT2D eigenvalue weighted by atomic mass is 35.5. The van der Waals surface area contributed by atoms with Crippen LogP contribution in [0.15, 0.2) is 0 Å². The summed E-state index contributed by atoms with van der Waals surface area (Å²) in [6.07, 6.45) is -4.95. The Kier molecular flexibility index (Phi) is 8.62. The first-order valence-corrected chi connectivity index (χ1v) is 13.4. The zero-order chi connectivity index (χ0) is 28.1. The Morgan fingerprint density at radius 2 is 1.65 bits per heavy atom. The monoisotopic (exact) mass is 548 g/mol. The fourth-order valence-corrected chi connectivity index (χ4v) is 7.37. The topological polar surface area (TPSA) is 149 Å². The smallest absolute Gasteiger partial charge is 0.303 e. The first-order chi connectivity index (χ1) is 17.0. The minimum absolute atomic E-state index is 0.0585. The molecule has 11 atom stereocenters. The van der Waals surface area contributed by atoms with Crippen LogP contribution in [0.1, 0.15) is 67.7 Å². The molecule has 2 saturated heterocycles. The number of carbonyl (C=O) groups excluding carboxylic acids is 3. The number of carbonyl (C=O) groups is 3. The van der Waals surface area contributed by atoms with Crippen molar-refractivity contribution in [1.82, 2.24) is 0 Å². The molecule has 1 aliphatic carbocycles. The number of aliphatic hydroxyl groups excluding tert-OH is 1. The molecule has 10 nitrogen and oxygen atoms in total. The van der Waals surface area contributed by atoms with E-state index in [-0.39, 0.29) is 25.2 Å². The van der Waals surface area contributed by atoms with Gasteiger partial charge in [0.25, 0.3) is 0 Å². The Hall–Kier alpha value is -1.46. The summed E-state index contributed by atoms with van der Waals surface area (Å²) in [5.74, 6) is -4.29. The third-order valence-electron chi connectivity index (χ3n) is 8.48. The zero-order valence-electron chi connectivity index (χ0n) is 22.6. The zero-order valence-corrected chi connectivity index (χ0v) is 23.4. The van der Waals surface area contributed by atoms with Crippen molar-refractivity contribution in [2.75, 3.05) is 5.88 Å². The number of alkyl halides is 1. The molecule has 0 unspecified atom stereocenters. The molecule has 0 aromatic carbocycles. The summed E-state index contributed by atoms with van der Waals surface area (Å²) in [5.41, 5.74) is -4.78. The fourth-order valence-electron chi connectivity index (χ4n) is 7.04. The maximum Gasteiger partial charge on any atom is 0.303 e. The fraction of sp³-hybridized carbons (Fsp3) is 0.885. The maximum atomic E-state index is 12.2. The quantitative estimate of drug-likeness (QED) is 0.263. The van der Waals surface area contributed by atoms with Gasteiger partial charge in [-0.3, -0.25) is 14.4 Å². The Labute approximate surface area is 222 Å². The number of ether oxygens (including phenoxy) is 4. The van der Waals surface area contributed by atoms with Gasteiger partial charge in [-0.25, -0.2) is 0 Å². The summed E-state index contributed by atoms with van der Waals surface area (Å²) in [6, 6.07) is 0. The van der Waals surface area contributed by atoms with E-state index in [1.807, 2.05) is 13.8 Å². The second-order valence-corrected chi connectivity index (χ2v) is 12.0. The van der Waals surface area contributed by atoms with Gasteiger partial charge in [0.1, 0.15) is 23.4 Å². The molecule has 2 bridgehead atoms. The Morgan fingerprint density at radius 3 is 2.14 bits per heavy atom. The van der Waals surface area contributed by atoms with Crippen molar-refractivity contribution in [3.05, 3.63) is 0 Å². The average molecular weight is 549 g/mol. The molecule has 0 aromatic rings. The standard InChI is InChI=1S/C26H41ClO10/c1-12(2)18-19-20(26(33,11-27)23(35-14(4)29)21(18)34-13(3)28)16-10-24(6,32)17(31)8-9-25(7,22(19)36-16)37-15(5)30/h12,16-23,31-33H,8-11H2,1-7H3/t16-,17-,18-,19-,20-,21+,22-,23+,24+,25-,26-/m1/s1. The lowest BCUT2D eigenvalue weighted by Crippen LogP contribution is -2.70. The number of aliphatic hydroxyl groups is 3. The van der Waals surface area contributed by atoms with E-state index in [0.717, 1.165) is 0 Å². The molecule has 37 heavy (non-hydrogen) atoms. The van der Waals surface area contributed by atoms with Crippen LogP contribution in [-0.4, -0.2) is 86.4 Å². The third-order valence-corrected chi connectivity index (χ3v) is 8.91. The van der Waals surface area contributed by atoms with Crippen LogP contribution in [0.25, 0.3) is 0 Å². The van der Waals surface area contributed by atoms with Crippen molar-refractivity contribution < 1.29 is 48.7 Å². The largest absolute Gasteiger partial charge is 0.458 e. The number of hydrogen-bond donors (Lipinski definition) is 3. The molecule has 1 saturated carbocycles. The van der Waals surface area contributed by atoms with E-state index in [9.17, 15) is 29.7 Å². The summed E-state index contributed by atoms with van der Waals surface area (Å²) in [7, 11) is 0. The molecule has 0 spiro atoms. The van der Waals surface area contributed by atoms with Gasteiger partial charge >= 0.3 is 17.9 Å². The average Bonchev–Trinajstić information content (AvgIpc) is 3.13. The predicted octanol–water partition coefficient (Wildman–Crippen LogP) is 1.72. The summed E-state index contributed by atoms with van der Waals surface area (Å²) in [6.45, 7) is 10.8. The molecule has 212 valence electrons. The van der Waals surface area contributed by atoms with Crippen LogP contribution < -0.4 is 0 Å². The van der Waals surface area contributed by atoms with Crippen molar-refractivity contribution in [2.24, 2.45) is 23.7 Å². The van der Waals surface area contributed by atoms with Crippen LogP contribution in [-0.2, 0) is 33.3 Å². The molecule has 3 aliphatic rings. The van der Waals surface area contributed by atoms with E-state index in [1.54, 1.807) is 6.92 Å². The van der Waals surface area contributed by atoms with Crippen LogP contribution >= 0.6 is 11.6 Å². The van der Waals surface area contributed by atoms with Gasteiger partial charge in [-0.05, 0) is 32.6 Å². The molecule has 2 aliphatic heterocycles. The van der Waals surface area contributed by atoms with Crippen molar-refractivity contribution >= 4 is 29.5 Å². The summed E-state index contributed by atoms with van der Waals surface area (Å²) in [5, 5.41) is 34.3. The number of hydrogen-bond acceptors (Lipinski definition) is 10. The van der Waals surface area contributed by atoms with Crippen molar-refractivity contribution in [2.45, 2.75) is 115 Å². The van der Waals surface area contributed by atoms with Gasteiger partial charge in [-0.2, -0.15) is 0 Å². The number of fused-ring (bicyclic) bond motifs is 5. The minimum Gasteiger partial charge on any atom is -0.458 e. The summed E-state index contributed by atoms with van der Waals surface area (Å²) in [4.78, 5) is 36.7. The molecule has 0 aromatic heterocycles. The molecular weight excluding hydrogens is 508 g/mol. The lowest BCUT2D eigenvalue weighted by Gasteiger charge is -2.55. The van der Waals surface area contributed by atoms with Gasteiger partial charge in [-0.1, -0.05) is 13.8 Å². The lowest BCUT2D eigenvalue weighted by molar-refractivity contribution is -0.241. The van der Waals surface area contributed by atoms with Gasteiger partial charge < -0.3 is 34.3 Å². The highest BCUT2D eigenvalue weighted by molar-refractivity contribution is 6.18. The summed E-state index contributed by atoms with van der Waals surface area (Å²) >= 11 is 6.42. The van der Waals surface area contributed by atoms with Crippen LogP contribution in [0, 0.1) is 23.7 Å². The maximum absolute atomic E-state index is 12.2. The Bertz CT molecular complexity index is 893. The molecular formula is C26H41ClO10. The normalized spacial score (nSPS) is 45.7. The SMILES string of the molecule is CC(=O)O[C@H]1[C@H](C(C)C)[C@@H]2[C@@H]([C@H]3C[C@](C)(O)[C@H](O)CC[C@@](C)(OC(C)=O)[C@@H]2O3)[C@](O)(CCl)[C@H]1OC(C)=O. The van der Waals surface area contributed by atoms with Crippen molar-refractivity contribution in [3.8, 4) is 0 Å². The summed E-state index contributed by atoms with van der Waals surface area (Å²) < 4.78 is 23.8. The van der Waals surface area contributed by atoms with E-state index in [1.165, 1.54) is 27.7 Å². The van der Waals surface area contributed by atoms with Crippen molar-refractivity contribution in [3.63, 3.8) is 0 Å². The lowest BCUT2D eigenvalue weighted by atomic mass is 9.55. The molecule has 0 amide bonds. The minimum atomic E-state index is -1.93. The van der Waals surface area contributed by atoms with Gasteiger partial charge in [0.2, 0.25) is 0 Å². The Morgan fingerprint density at radius 1 is 1.05 bits per heavy atom. The molecule has 3 fully saturated rings. The van der Waals surface area contributed by atoms with E-state index in [0.29, 0.717) is 0 Å². The molecule has 2 heterocycles. The van der Waals surface area contributed by atoms with Gasteiger partial charge in [-0.15, -0.1) is 11.6 Å². The van der Waals surface area contributed by atoms with Crippen LogP contribution in [0.5, 0.6) is 0 Å². The van der Waals surface area contributed by atoms with Crippen LogP contribution in [0.2, 0.25) is 0 Å². The van der Waals surface area contributed by atoms with Gasteiger partial charge in [0, 0.05) is 44.9 Å².